The average Bonchev–Trinajstić information content (AvgIpc) is 1.85. The molecule has 0 fully saturated rings. The van der Waals surface area contributed by atoms with Crippen LogP contribution in [0.1, 0.15) is 27.2 Å². The molecule has 0 heterocycles. The predicted octanol–water partition coefficient (Wildman–Crippen LogP) is 1.13. The Bertz CT molecular complexity index is 270. The maximum absolute atomic E-state index is 12.3. The first kappa shape index (κ1) is 14.9. The third kappa shape index (κ3) is 3.35. The summed E-state index contributed by atoms with van der Waals surface area (Å²) >= 11 is 0. The Kier molecular flexibility index (Phi) is 5.30. The van der Waals surface area contributed by atoms with Crippen molar-refractivity contribution in [2.75, 3.05) is 0 Å². The molecule has 0 rings (SSSR count). The molecule has 0 aromatic rings. The molecule has 0 aromatic heterocycles. The zero-order valence-electron chi connectivity index (χ0n) is 6.21. The Labute approximate surface area is 75.7 Å². The fraction of sp³-hybridized carbons (Fsp3) is 0.833. The smallest absolute Gasteiger partial charge is 0.391 e. The minimum absolute atomic E-state index is 0. The predicted molar refractivity (Wildman–Crippen MR) is 41.3 cm³/mol. The number of rotatable bonds is 4. The SMILES string of the molecule is C.CCCC(=O)C(F)(F)S(=O)(=O)[O-]. The van der Waals surface area contributed by atoms with Gasteiger partial charge in [-0.05, 0) is 6.42 Å². The van der Waals surface area contributed by atoms with Crippen LogP contribution in [0.4, 0.5) is 8.78 Å². The Hall–Kier alpha value is -0.560. The molecule has 0 bridgehead atoms. The highest BCUT2D eigenvalue weighted by Crippen LogP contribution is 2.23. The van der Waals surface area contributed by atoms with Crippen LogP contribution in [0.25, 0.3) is 0 Å². The van der Waals surface area contributed by atoms with E-state index in [9.17, 15) is 26.5 Å². The molecule has 0 spiro atoms. The van der Waals surface area contributed by atoms with Crippen molar-refractivity contribution < 1.29 is 26.5 Å². The molecule has 0 N–H and O–H groups in total. The Morgan fingerprint density at radius 2 is 1.85 bits per heavy atom. The van der Waals surface area contributed by atoms with Crippen LogP contribution in [0, 0.1) is 0 Å². The molecule has 0 saturated carbocycles. The summed E-state index contributed by atoms with van der Waals surface area (Å²) in [5.74, 6) is -1.85. The summed E-state index contributed by atoms with van der Waals surface area (Å²) in [7, 11) is -5.86. The standard InChI is InChI=1S/C5H8F2O4S.CH4/c1-2-3-4(8)5(6,7)12(9,10)11;/h2-3H2,1H3,(H,9,10,11);1H4/p-1. The number of hydrogen-bond donors (Lipinski definition) is 0. The number of halogens is 2. The number of hydrogen-bond acceptors (Lipinski definition) is 4. The van der Waals surface area contributed by atoms with Gasteiger partial charge in [0.2, 0.25) is 5.78 Å². The van der Waals surface area contributed by atoms with Gasteiger partial charge in [0.1, 0.15) is 0 Å². The van der Waals surface area contributed by atoms with Gasteiger partial charge in [0, 0.05) is 6.42 Å². The highest BCUT2D eigenvalue weighted by atomic mass is 32.2. The molecule has 0 radical (unpaired) electrons. The highest BCUT2D eigenvalue weighted by molar-refractivity contribution is 7.87. The lowest BCUT2D eigenvalue weighted by Gasteiger charge is -2.17. The molecular formula is C6H11F2O4S-. The number of alkyl halides is 2. The van der Waals surface area contributed by atoms with Crippen LogP contribution in [-0.2, 0) is 14.9 Å². The summed E-state index contributed by atoms with van der Waals surface area (Å²) in [5.41, 5.74) is 0. The zero-order chi connectivity index (χ0) is 9.99. The van der Waals surface area contributed by atoms with E-state index in [1.807, 2.05) is 0 Å². The van der Waals surface area contributed by atoms with Gasteiger partial charge < -0.3 is 4.55 Å². The van der Waals surface area contributed by atoms with Gasteiger partial charge >= 0.3 is 5.25 Å². The van der Waals surface area contributed by atoms with Crippen molar-refractivity contribution in [3.8, 4) is 0 Å². The molecule has 0 aliphatic heterocycles. The summed E-state index contributed by atoms with van der Waals surface area (Å²) in [4.78, 5) is 10.4. The maximum atomic E-state index is 12.3. The van der Waals surface area contributed by atoms with Crippen molar-refractivity contribution in [2.24, 2.45) is 0 Å². The van der Waals surface area contributed by atoms with Crippen molar-refractivity contribution >= 4 is 15.9 Å². The van der Waals surface area contributed by atoms with E-state index >= 15 is 0 Å². The van der Waals surface area contributed by atoms with E-state index in [-0.39, 0.29) is 13.8 Å². The van der Waals surface area contributed by atoms with E-state index in [2.05, 4.69) is 0 Å². The van der Waals surface area contributed by atoms with Gasteiger partial charge in [-0.1, -0.05) is 14.4 Å². The lowest BCUT2D eigenvalue weighted by molar-refractivity contribution is -0.133. The molecule has 4 nitrogen and oxygen atoms in total. The van der Waals surface area contributed by atoms with Gasteiger partial charge in [-0.3, -0.25) is 4.79 Å². The summed E-state index contributed by atoms with van der Waals surface area (Å²) in [6, 6.07) is 0. The van der Waals surface area contributed by atoms with Gasteiger partial charge in [0.15, 0.2) is 10.1 Å². The zero-order valence-corrected chi connectivity index (χ0v) is 7.03. The summed E-state index contributed by atoms with van der Waals surface area (Å²) < 4.78 is 54.1. The average molecular weight is 217 g/mol. The molecular weight excluding hydrogens is 206 g/mol. The van der Waals surface area contributed by atoms with E-state index < -0.39 is 27.6 Å². The molecule has 13 heavy (non-hydrogen) atoms. The molecule has 0 aromatic carbocycles. The summed E-state index contributed by atoms with van der Waals surface area (Å²) in [5, 5.41) is -4.77. The molecule has 0 unspecified atom stereocenters. The van der Waals surface area contributed by atoms with Gasteiger partial charge in [-0.25, -0.2) is 8.42 Å². The molecule has 0 aliphatic rings. The molecule has 0 saturated heterocycles. The van der Waals surface area contributed by atoms with Crippen LogP contribution < -0.4 is 0 Å². The number of carbonyl (C=O) groups is 1. The minimum atomic E-state index is -5.86. The van der Waals surface area contributed by atoms with Crippen LogP contribution in [0.15, 0.2) is 0 Å². The van der Waals surface area contributed by atoms with E-state index in [0.29, 0.717) is 0 Å². The topological polar surface area (TPSA) is 74.3 Å². The van der Waals surface area contributed by atoms with E-state index in [1.165, 1.54) is 6.92 Å². The quantitative estimate of drug-likeness (QED) is 0.661. The van der Waals surface area contributed by atoms with Crippen LogP contribution in [-0.4, -0.2) is 24.0 Å². The largest absolute Gasteiger partial charge is 0.743 e. The van der Waals surface area contributed by atoms with E-state index in [0.717, 1.165) is 0 Å². The van der Waals surface area contributed by atoms with Crippen LogP contribution in [0.5, 0.6) is 0 Å². The van der Waals surface area contributed by atoms with Crippen molar-refractivity contribution in [1.82, 2.24) is 0 Å². The van der Waals surface area contributed by atoms with Crippen molar-refractivity contribution in [3.63, 3.8) is 0 Å². The van der Waals surface area contributed by atoms with Gasteiger partial charge in [-0.15, -0.1) is 0 Å². The number of ketones is 1. The van der Waals surface area contributed by atoms with Gasteiger partial charge in [0.05, 0.1) is 0 Å². The second-order valence-corrected chi connectivity index (χ2v) is 3.57. The lowest BCUT2D eigenvalue weighted by Crippen LogP contribution is -2.37. The van der Waals surface area contributed by atoms with E-state index in [4.69, 9.17) is 0 Å². The minimum Gasteiger partial charge on any atom is -0.743 e. The second-order valence-electron chi connectivity index (χ2n) is 2.14. The number of carbonyl (C=O) groups excluding carboxylic acids is 1. The first-order chi connectivity index (χ1) is 5.23. The third-order valence-electron chi connectivity index (χ3n) is 1.12. The molecule has 0 aliphatic carbocycles. The Morgan fingerprint density at radius 3 is 2.08 bits per heavy atom. The Balaban J connectivity index is 0. The van der Waals surface area contributed by atoms with Crippen LogP contribution >= 0.6 is 0 Å². The molecule has 0 atom stereocenters. The summed E-state index contributed by atoms with van der Waals surface area (Å²) in [6.45, 7) is 1.42. The monoisotopic (exact) mass is 217 g/mol. The molecule has 80 valence electrons. The first-order valence-corrected chi connectivity index (χ1v) is 4.51. The lowest BCUT2D eigenvalue weighted by atomic mass is 10.2. The van der Waals surface area contributed by atoms with Crippen molar-refractivity contribution in [3.05, 3.63) is 0 Å². The van der Waals surface area contributed by atoms with Crippen molar-refractivity contribution in [2.45, 2.75) is 32.4 Å². The molecule has 7 heteroatoms. The number of Topliss-reactive ketones (excluding diaryl/α,β-unsaturated/α-hetero) is 1. The Morgan fingerprint density at radius 1 is 1.46 bits per heavy atom. The van der Waals surface area contributed by atoms with Crippen LogP contribution in [0.3, 0.4) is 0 Å². The summed E-state index contributed by atoms with van der Waals surface area (Å²) in [6.07, 6.45) is -0.543. The maximum Gasteiger partial charge on any atom is 0.391 e. The van der Waals surface area contributed by atoms with Gasteiger partial charge in [-0.2, -0.15) is 8.78 Å². The first-order valence-electron chi connectivity index (χ1n) is 3.10. The molecule has 0 amide bonds. The highest BCUT2D eigenvalue weighted by Gasteiger charge is 2.44. The van der Waals surface area contributed by atoms with E-state index in [1.54, 1.807) is 0 Å². The fourth-order valence-corrected chi connectivity index (χ4v) is 0.893. The van der Waals surface area contributed by atoms with Gasteiger partial charge in [0.25, 0.3) is 0 Å². The second kappa shape index (κ2) is 4.61. The van der Waals surface area contributed by atoms with Crippen LogP contribution in [0.2, 0.25) is 0 Å². The normalized spacial score (nSPS) is 12.0. The third-order valence-corrected chi connectivity index (χ3v) is 1.97. The fourth-order valence-electron chi connectivity index (χ4n) is 0.512. The van der Waals surface area contributed by atoms with Crippen molar-refractivity contribution in [1.29, 1.82) is 0 Å².